The molecular weight excluding hydrogens is 494 g/mol. The van der Waals surface area contributed by atoms with E-state index in [0.717, 1.165) is 31.7 Å². The molecule has 0 aliphatic carbocycles. The van der Waals surface area contributed by atoms with Gasteiger partial charge in [0.1, 0.15) is 23.0 Å². The van der Waals surface area contributed by atoms with Crippen molar-refractivity contribution in [2.24, 2.45) is 11.1 Å². The molecule has 10 heteroatoms. The number of ether oxygens (including phenoxy) is 2. The summed E-state index contributed by atoms with van der Waals surface area (Å²) in [4.78, 5) is 29.9. The van der Waals surface area contributed by atoms with Crippen molar-refractivity contribution in [1.82, 2.24) is 4.98 Å². The Morgan fingerprint density at radius 3 is 2.47 bits per heavy atom. The number of carbonyl (C=O) groups is 1. The fraction of sp³-hybridized carbons (Fsp3) is 0.286. The molecule has 1 saturated heterocycles. The number of benzene rings is 2. The highest BCUT2D eigenvalue weighted by molar-refractivity contribution is 6.04. The summed E-state index contributed by atoms with van der Waals surface area (Å²) < 4.78 is 36.3. The SMILES string of the molecule is C=C(N=O)c1cccc(OCC2CCN(c3ccc(NC(=O)c4ccc(OC(C)(F)F)cc4)cn3)CC2)c1. The molecule has 198 valence electrons. The van der Waals surface area contributed by atoms with Crippen molar-refractivity contribution >= 4 is 23.1 Å². The predicted molar refractivity (Wildman–Crippen MR) is 142 cm³/mol. The maximum absolute atomic E-state index is 13.0. The Bertz CT molecular complexity index is 1270. The van der Waals surface area contributed by atoms with Gasteiger partial charge in [0.15, 0.2) is 0 Å². The molecule has 0 spiro atoms. The van der Waals surface area contributed by atoms with Crippen molar-refractivity contribution in [3.05, 3.63) is 89.5 Å². The second kappa shape index (κ2) is 11.8. The van der Waals surface area contributed by atoms with Gasteiger partial charge in [-0.2, -0.15) is 8.78 Å². The van der Waals surface area contributed by atoms with E-state index in [0.29, 0.717) is 42.0 Å². The number of carbonyl (C=O) groups excluding carboxylic acids is 1. The van der Waals surface area contributed by atoms with Crippen LogP contribution in [-0.2, 0) is 0 Å². The van der Waals surface area contributed by atoms with Gasteiger partial charge in [-0.3, -0.25) is 4.79 Å². The van der Waals surface area contributed by atoms with E-state index >= 15 is 0 Å². The molecule has 1 fully saturated rings. The molecule has 8 nitrogen and oxygen atoms in total. The molecule has 0 unspecified atom stereocenters. The highest BCUT2D eigenvalue weighted by Crippen LogP contribution is 2.26. The summed E-state index contributed by atoms with van der Waals surface area (Å²) in [7, 11) is 0. The van der Waals surface area contributed by atoms with E-state index in [-0.39, 0.29) is 17.4 Å². The maximum Gasteiger partial charge on any atom is 0.394 e. The second-order valence-corrected chi connectivity index (χ2v) is 9.10. The van der Waals surface area contributed by atoms with Crippen molar-refractivity contribution in [2.45, 2.75) is 25.9 Å². The Labute approximate surface area is 219 Å². The molecule has 0 bridgehead atoms. The third-order valence-corrected chi connectivity index (χ3v) is 6.12. The first-order chi connectivity index (χ1) is 18.2. The van der Waals surface area contributed by atoms with E-state index in [1.807, 2.05) is 18.2 Å². The summed E-state index contributed by atoms with van der Waals surface area (Å²) in [5, 5.41) is 5.63. The minimum atomic E-state index is -3.29. The fourth-order valence-electron chi connectivity index (χ4n) is 4.09. The minimum Gasteiger partial charge on any atom is -0.493 e. The van der Waals surface area contributed by atoms with Crippen LogP contribution in [0.4, 0.5) is 20.3 Å². The average molecular weight is 523 g/mol. The zero-order chi connectivity index (χ0) is 27.1. The topological polar surface area (TPSA) is 93.1 Å². The fourth-order valence-corrected chi connectivity index (χ4v) is 4.09. The van der Waals surface area contributed by atoms with Gasteiger partial charge in [-0.15, -0.1) is 4.91 Å². The van der Waals surface area contributed by atoms with Crippen LogP contribution in [-0.4, -0.2) is 36.7 Å². The number of halogens is 2. The standard InChI is InChI=1S/C28H28F2N4O4/c1-19(33-36)22-4-3-5-25(16-22)37-18-20-12-14-34(15-13-20)26-11-8-23(17-31-26)32-27(35)21-6-9-24(10-7-21)38-28(2,29)30/h3-11,16-17,20H,1,12-15,18H2,2H3,(H,32,35). The monoisotopic (exact) mass is 522 g/mol. The number of nitrogens with zero attached hydrogens (tertiary/aromatic N) is 3. The largest absolute Gasteiger partial charge is 0.493 e. The van der Waals surface area contributed by atoms with Crippen LogP contribution in [0.1, 0.15) is 35.7 Å². The summed E-state index contributed by atoms with van der Waals surface area (Å²) in [6.45, 7) is 6.50. The lowest BCUT2D eigenvalue weighted by Crippen LogP contribution is -2.36. The number of nitrogens with one attached hydrogen (secondary N) is 1. The first kappa shape index (κ1) is 26.7. The number of alkyl halides is 2. The molecule has 2 heterocycles. The number of pyridine rings is 1. The van der Waals surface area contributed by atoms with Gasteiger partial charge in [0.2, 0.25) is 0 Å². The highest BCUT2D eigenvalue weighted by Gasteiger charge is 2.23. The normalized spacial score (nSPS) is 14.0. The number of nitroso groups, excluding NO2 is 1. The summed E-state index contributed by atoms with van der Waals surface area (Å²) >= 11 is 0. The number of amides is 1. The van der Waals surface area contributed by atoms with Crippen molar-refractivity contribution in [2.75, 3.05) is 29.9 Å². The second-order valence-electron chi connectivity index (χ2n) is 9.10. The molecule has 1 amide bonds. The Kier molecular flexibility index (Phi) is 8.30. The summed E-state index contributed by atoms with van der Waals surface area (Å²) in [6, 6.07) is 16.3. The molecule has 1 aromatic heterocycles. The maximum atomic E-state index is 13.0. The van der Waals surface area contributed by atoms with E-state index in [9.17, 15) is 18.5 Å². The molecule has 1 N–H and O–H groups in total. The van der Waals surface area contributed by atoms with Crippen LogP contribution in [0.5, 0.6) is 11.5 Å². The van der Waals surface area contributed by atoms with Crippen molar-refractivity contribution < 1.29 is 23.0 Å². The predicted octanol–water partition coefficient (Wildman–Crippen LogP) is 6.36. The molecular formula is C28H28F2N4O4. The van der Waals surface area contributed by atoms with Crippen molar-refractivity contribution in [3.8, 4) is 11.5 Å². The van der Waals surface area contributed by atoms with Gasteiger partial charge < -0.3 is 19.7 Å². The lowest BCUT2D eigenvalue weighted by molar-refractivity contribution is -0.158. The zero-order valence-corrected chi connectivity index (χ0v) is 20.9. The van der Waals surface area contributed by atoms with Crippen LogP contribution in [0.2, 0.25) is 0 Å². The quantitative estimate of drug-likeness (QED) is 0.312. The summed E-state index contributed by atoms with van der Waals surface area (Å²) in [6.07, 6.45) is 0.171. The molecule has 3 aromatic rings. The molecule has 0 atom stereocenters. The van der Waals surface area contributed by atoms with Gasteiger partial charge in [0.05, 0.1) is 18.5 Å². The van der Waals surface area contributed by atoms with E-state index in [4.69, 9.17) is 4.74 Å². The Morgan fingerprint density at radius 2 is 1.84 bits per heavy atom. The molecule has 38 heavy (non-hydrogen) atoms. The number of hydrogen-bond donors (Lipinski definition) is 1. The number of piperidine rings is 1. The van der Waals surface area contributed by atoms with E-state index in [1.54, 1.807) is 24.4 Å². The summed E-state index contributed by atoms with van der Waals surface area (Å²) in [5.74, 6) is 1.48. The lowest BCUT2D eigenvalue weighted by atomic mass is 9.98. The number of anilines is 2. The van der Waals surface area contributed by atoms with Crippen LogP contribution in [0.3, 0.4) is 0 Å². The van der Waals surface area contributed by atoms with Gasteiger partial charge in [0, 0.05) is 31.1 Å². The third-order valence-electron chi connectivity index (χ3n) is 6.12. The van der Waals surface area contributed by atoms with Crippen LogP contribution in [0.25, 0.3) is 5.70 Å². The van der Waals surface area contributed by atoms with E-state index in [2.05, 4.69) is 31.7 Å². The van der Waals surface area contributed by atoms with E-state index in [1.165, 1.54) is 24.3 Å². The Balaban J connectivity index is 1.24. The van der Waals surface area contributed by atoms with Crippen molar-refractivity contribution in [1.29, 1.82) is 0 Å². The third kappa shape index (κ3) is 7.34. The molecule has 4 rings (SSSR count). The molecule has 1 aliphatic heterocycles. The van der Waals surface area contributed by atoms with Gasteiger partial charge >= 0.3 is 6.11 Å². The molecule has 0 radical (unpaired) electrons. The van der Waals surface area contributed by atoms with Gasteiger partial charge in [-0.25, -0.2) is 4.98 Å². The smallest absolute Gasteiger partial charge is 0.394 e. The Morgan fingerprint density at radius 1 is 1.11 bits per heavy atom. The molecule has 0 saturated carbocycles. The van der Waals surface area contributed by atoms with Gasteiger partial charge in [-0.05, 0) is 72.5 Å². The van der Waals surface area contributed by atoms with E-state index < -0.39 is 6.11 Å². The number of aromatic nitrogens is 1. The van der Waals surface area contributed by atoms with Crippen LogP contribution < -0.4 is 19.7 Å². The number of rotatable bonds is 10. The van der Waals surface area contributed by atoms with Gasteiger partial charge in [0.25, 0.3) is 5.91 Å². The molecule has 1 aliphatic rings. The number of hydrogen-bond acceptors (Lipinski definition) is 7. The first-order valence-electron chi connectivity index (χ1n) is 12.1. The first-order valence-corrected chi connectivity index (χ1v) is 12.1. The van der Waals surface area contributed by atoms with Crippen molar-refractivity contribution in [3.63, 3.8) is 0 Å². The molecule has 2 aromatic carbocycles. The average Bonchev–Trinajstić information content (AvgIpc) is 2.92. The zero-order valence-electron chi connectivity index (χ0n) is 20.9. The van der Waals surface area contributed by atoms with Crippen LogP contribution in [0.15, 0.2) is 78.6 Å². The highest BCUT2D eigenvalue weighted by atomic mass is 19.3. The lowest BCUT2D eigenvalue weighted by Gasteiger charge is -2.32. The van der Waals surface area contributed by atoms with Gasteiger partial charge in [-0.1, -0.05) is 18.7 Å². The van der Waals surface area contributed by atoms with Crippen LogP contribution in [0, 0.1) is 10.8 Å². The van der Waals surface area contributed by atoms with Crippen LogP contribution >= 0.6 is 0 Å². The summed E-state index contributed by atoms with van der Waals surface area (Å²) in [5.41, 5.74) is 1.65. The minimum absolute atomic E-state index is 0.0250. The Hall–Kier alpha value is -4.34.